The molecule has 0 unspecified atom stereocenters. The summed E-state index contributed by atoms with van der Waals surface area (Å²) < 4.78 is 13.4. The van der Waals surface area contributed by atoms with Crippen molar-refractivity contribution in [1.29, 1.82) is 0 Å². The highest BCUT2D eigenvalue weighted by Crippen LogP contribution is 2.23. The summed E-state index contributed by atoms with van der Waals surface area (Å²) in [6.45, 7) is 5.95. The van der Waals surface area contributed by atoms with Crippen LogP contribution in [-0.4, -0.2) is 16.9 Å². The summed E-state index contributed by atoms with van der Waals surface area (Å²) in [7, 11) is 0. The second-order valence-electron chi connectivity index (χ2n) is 6.89. The smallest absolute Gasteiger partial charge is 0.306 e. The Labute approximate surface area is 157 Å². The molecule has 1 amide bonds. The molecule has 0 saturated heterocycles. The fourth-order valence-corrected chi connectivity index (χ4v) is 2.82. The van der Waals surface area contributed by atoms with E-state index >= 15 is 0 Å². The minimum Gasteiger partial charge on any atom is -0.324 e. The second kappa shape index (κ2) is 9.23. The van der Waals surface area contributed by atoms with Gasteiger partial charge in [0.15, 0.2) is 0 Å². The van der Waals surface area contributed by atoms with Crippen molar-refractivity contribution < 1.29 is 14.1 Å². The molecule has 2 atom stereocenters. The normalized spacial score (nSPS) is 13.2. The van der Waals surface area contributed by atoms with Gasteiger partial charge in [-0.05, 0) is 37.0 Å². The van der Waals surface area contributed by atoms with Crippen LogP contribution in [-0.2, 0) is 4.79 Å². The third-order valence-corrected chi connectivity index (χ3v) is 4.16. The Morgan fingerprint density at radius 1 is 1.15 bits per heavy atom. The van der Waals surface area contributed by atoms with Gasteiger partial charge in [0, 0.05) is 17.8 Å². The van der Waals surface area contributed by atoms with E-state index in [-0.39, 0.29) is 17.6 Å². The maximum absolute atomic E-state index is 13.4. The molecule has 0 aliphatic heterocycles. The minimum atomic E-state index is -0.940. The van der Waals surface area contributed by atoms with Crippen LogP contribution in [0.15, 0.2) is 48.5 Å². The van der Waals surface area contributed by atoms with E-state index in [2.05, 4.69) is 24.5 Å². The Hall–Kier alpha value is -2.80. The first kappa shape index (κ1) is 20.5. The zero-order valence-electron chi connectivity index (χ0n) is 15.6. The highest BCUT2D eigenvalue weighted by atomic mass is 19.1. The van der Waals surface area contributed by atoms with Gasteiger partial charge in [0.05, 0.1) is 11.0 Å². The van der Waals surface area contributed by atoms with Gasteiger partial charge >= 0.3 is 5.69 Å². The van der Waals surface area contributed by atoms with Gasteiger partial charge in [-0.2, -0.15) is 4.39 Å². The number of amides is 1. The number of nitro benzene ring substituents is 1. The lowest BCUT2D eigenvalue weighted by atomic mass is 9.96. The lowest BCUT2D eigenvalue weighted by Crippen LogP contribution is -2.40. The lowest BCUT2D eigenvalue weighted by Gasteiger charge is -2.25. The van der Waals surface area contributed by atoms with Gasteiger partial charge in [-0.1, -0.05) is 44.2 Å². The standard InChI is InChI=1S/C20H24FN3O3/c1-13(2)11-18(15-7-5-4-6-8-15)22-14(3)20(25)23-16-9-10-17(21)19(12-16)24(26)27/h4-10,12-14,18,22H,11H2,1-3H3,(H,23,25)/t14-,18-/m0/s1. The highest BCUT2D eigenvalue weighted by molar-refractivity contribution is 5.94. The predicted molar refractivity (Wildman–Crippen MR) is 103 cm³/mol. The summed E-state index contributed by atoms with van der Waals surface area (Å²) in [4.78, 5) is 22.5. The van der Waals surface area contributed by atoms with E-state index in [0.717, 1.165) is 24.1 Å². The van der Waals surface area contributed by atoms with Crippen LogP contribution in [0, 0.1) is 21.8 Å². The quantitative estimate of drug-likeness (QED) is 0.529. The molecule has 2 aromatic carbocycles. The molecule has 0 saturated carbocycles. The number of hydrogen-bond donors (Lipinski definition) is 2. The van der Waals surface area contributed by atoms with Crippen LogP contribution in [0.3, 0.4) is 0 Å². The van der Waals surface area contributed by atoms with E-state index in [1.54, 1.807) is 6.92 Å². The molecule has 6 nitrogen and oxygen atoms in total. The molecule has 0 fully saturated rings. The van der Waals surface area contributed by atoms with E-state index in [9.17, 15) is 19.3 Å². The Bertz CT molecular complexity index is 796. The molecule has 27 heavy (non-hydrogen) atoms. The number of benzene rings is 2. The Morgan fingerprint density at radius 3 is 2.41 bits per heavy atom. The lowest BCUT2D eigenvalue weighted by molar-refractivity contribution is -0.387. The molecule has 0 bridgehead atoms. The van der Waals surface area contributed by atoms with E-state index in [4.69, 9.17) is 0 Å². The van der Waals surface area contributed by atoms with Crippen molar-refractivity contribution in [1.82, 2.24) is 5.32 Å². The van der Waals surface area contributed by atoms with Crippen LogP contribution in [0.5, 0.6) is 0 Å². The molecule has 0 spiro atoms. The summed E-state index contributed by atoms with van der Waals surface area (Å²) >= 11 is 0. The molecular weight excluding hydrogens is 349 g/mol. The van der Waals surface area contributed by atoms with Gasteiger partial charge in [0.2, 0.25) is 11.7 Å². The fraction of sp³-hybridized carbons (Fsp3) is 0.350. The van der Waals surface area contributed by atoms with Crippen LogP contribution < -0.4 is 10.6 Å². The van der Waals surface area contributed by atoms with Gasteiger partial charge in [-0.25, -0.2) is 0 Å². The molecule has 0 aromatic heterocycles. The number of carbonyl (C=O) groups excluding carboxylic acids is 1. The molecule has 2 N–H and O–H groups in total. The van der Waals surface area contributed by atoms with E-state index in [1.807, 2.05) is 30.3 Å². The van der Waals surface area contributed by atoms with E-state index in [0.29, 0.717) is 5.92 Å². The van der Waals surface area contributed by atoms with Gasteiger partial charge in [-0.15, -0.1) is 0 Å². The van der Waals surface area contributed by atoms with Crippen molar-refractivity contribution >= 4 is 17.3 Å². The van der Waals surface area contributed by atoms with Gasteiger partial charge in [0.1, 0.15) is 0 Å². The Balaban J connectivity index is 2.09. The molecule has 144 valence electrons. The SMILES string of the molecule is CC(C)C[C@H](N[C@@H](C)C(=O)Nc1ccc(F)c([N+](=O)[O-])c1)c1ccccc1. The van der Waals surface area contributed by atoms with Crippen LogP contribution in [0.1, 0.15) is 38.8 Å². The van der Waals surface area contributed by atoms with E-state index in [1.165, 1.54) is 6.07 Å². The summed E-state index contributed by atoms with van der Waals surface area (Å²) in [5.74, 6) is -0.858. The maximum Gasteiger partial charge on any atom is 0.306 e. The molecular formula is C20H24FN3O3. The molecule has 0 heterocycles. The Morgan fingerprint density at radius 2 is 1.81 bits per heavy atom. The van der Waals surface area contributed by atoms with Gasteiger partial charge in [0.25, 0.3) is 0 Å². The third-order valence-electron chi connectivity index (χ3n) is 4.16. The molecule has 7 heteroatoms. The first-order valence-corrected chi connectivity index (χ1v) is 8.83. The monoisotopic (exact) mass is 373 g/mol. The summed E-state index contributed by atoms with van der Waals surface area (Å²) in [6, 6.07) is 12.6. The van der Waals surface area contributed by atoms with Crippen LogP contribution in [0.2, 0.25) is 0 Å². The summed E-state index contributed by atoms with van der Waals surface area (Å²) in [5, 5.41) is 16.8. The van der Waals surface area contributed by atoms with Crippen molar-refractivity contribution in [3.05, 3.63) is 70.0 Å². The van der Waals surface area contributed by atoms with E-state index < -0.39 is 22.5 Å². The summed E-state index contributed by atoms with van der Waals surface area (Å²) in [5.41, 5.74) is 0.598. The van der Waals surface area contributed by atoms with Crippen LogP contribution in [0.25, 0.3) is 0 Å². The fourth-order valence-electron chi connectivity index (χ4n) is 2.82. The topological polar surface area (TPSA) is 84.3 Å². The molecule has 0 aliphatic carbocycles. The number of rotatable bonds is 8. The average Bonchev–Trinajstić information content (AvgIpc) is 2.62. The Kier molecular flexibility index (Phi) is 7.01. The third kappa shape index (κ3) is 5.86. The second-order valence-corrected chi connectivity index (χ2v) is 6.89. The minimum absolute atomic E-state index is 0.00509. The number of anilines is 1. The molecule has 2 rings (SSSR count). The van der Waals surface area contributed by atoms with Crippen molar-refractivity contribution in [2.75, 3.05) is 5.32 Å². The molecule has 2 aromatic rings. The first-order valence-electron chi connectivity index (χ1n) is 8.83. The number of halogens is 1. The predicted octanol–water partition coefficient (Wildman–Crippen LogP) is 4.44. The van der Waals surface area contributed by atoms with Crippen molar-refractivity contribution in [3.8, 4) is 0 Å². The molecule has 0 radical (unpaired) electrons. The van der Waals surface area contributed by atoms with Crippen molar-refractivity contribution in [3.63, 3.8) is 0 Å². The van der Waals surface area contributed by atoms with Crippen LogP contribution in [0.4, 0.5) is 15.8 Å². The number of carbonyl (C=O) groups is 1. The van der Waals surface area contributed by atoms with Crippen molar-refractivity contribution in [2.45, 2.75) is 39.3 Å². The number of nitrogens with zero attached hydrogens (tertiary/aromatic N) is 1. The van der Waals surface area contributed by atoms with Gasteiger partial charge < -0.3 is 5.32 Å². The van der Waals surface area contributed by atoms with Crippen LogP contribution >= 0.6 is 0 Å². The zero-order valence-corrected chi connectivity index (χ0v) is 15.6. The first-order chi connectivity index (χ1) is 12.8. The number of hydrogen-bond acceptors (Lipinski definition) is 4. The number of nitrogens with one attached hydrogen (secondary N) is 2. The summed E-state index contributed by atoms with van der Waals surface area (Å²) in [6.07, 6.45) is 0.851. The maximum atomic E-state index is 13.4. The largest absolute Gasteiger partial charge is 0.324 e. The zero-order chi connectivity index (χ0) is 20.0. The number of nitro groups is 1. The van der Waals surface area contributed by atoms with Gasteiger partial charge in [-0.3, -0.25) is 20.2 Å². The highest BCUT2D eigenvalue weighted by Gasteiger charge is 2.21. The average molecular weight is 373 g/mol. The molecule has 0 aliphatic rings. The van der Waals surface area contributed by atoms with Crippen molar-refractivity contribution in [2.24, 2.45) is 5.92 Å².